The maximum atomic E-state index is 11.2. The number of hydrogen-bond acceptors (Lipinski definition) is 3. The van der Waals surface area contributed by atoms with Crippen LogP contribution in [0.4, 0.5) is 0 Å². The molecule has 0 fully saturated rings. The molecular weight excluding hydrogens is 190 g/mol. The van der Waals surface area contributed by atoms with E-state index in [4.69, 9.17) is 5.26 Å². The summed E-state index contributed by atoms with van der Waals surface area (Å²) in [4.78, 5) is 0. The molecule has 0 aliphatic rings. The fraction of sp³-hybridized carbons (Fsp3) is 0.857. The molecule has 76 valence electrons. The Labute approximate surface area is 79.3 Å². The standard InChI is InChI=1S/C7H15N3O2S/c1-6(5-8)9-13(11,12)10-7(2,3)4/h6,9-10H,1-4H3. The summed E-state index contributed by atoms with van der Waals surface area (Å²) in [6.45, 7) is 6.65. The predicted octanol–water partition coefficient (Wildman–Crippen LogP) is 0.121. The number of rotatable bonds is 3. The van der Waals surface area contributed by atoms with Crippen LogP contribution in [0, 0.1) is 11.3 Å². The van der Waals surface area contributed by atoms with Crippen LogP contribution in [-0.4, -0.2) is 20.0 Å². The minimum atomic E-state index is -3.57. The minimum absolute atomic E-state index is 0.541. The van der Waals surface area contributed by atoms with Crippen LogP contribution < -0.4 is 9.44 Å². The van der Waals surface area contributed by atoms with Gasteiger partial charge in [0.05, 0.1) is 6.07 Å². The second-order valence-electron chi connectivity index (χ2n) is 3.82. The van der Waals surface area contributed by atoms with Gasteiger partial charge in [-0.2, -0.15) is 23.1 Å². The molecule has 0 aliphatic heterocycles. The van der Waals surface area contributed by atoms with Gasteiger partial charge >= 0.3 is 0 Å². The fourth-order valence-electron chi connectivity index (χ4n) is 0.692. The number of nitriles is 1. The molecule has 0 saturated heterocycles. The Morgan fingerprint density at radius 1 is 1.38 bits per heavy atom. The summed E-state index contributed by atoms with van der Waals surface area (Å²) in [5.74, 6) is 0. The van der Waals surface area contributed by atoms with Gasteiger partial charge in [-0.15, -0.1) is 0 Å². The van der Waals surface area contributed by atoms with E-state index in [1.54, 1.807) is 26.8 Å². The molecule has 1 unspecified atom stereocenters. The number of nitrogens with zero attached hydrogens (tertiary/aromatic N) is 1. The molecule has 0 radical (unpaired) electrons. The molecule has 0 rings (SSSR count). The van der Waals surface area contributed by atoms with Crippen LogP contribution in [0.3, 0.4) is 0 Å². The van der Waals surface area contributed by atoms with Crippen LogP contribution in [0.5, 0.6) is 0 Å². The van der Waals surface area contributed by atoms with Crippen molar-refractivity contribution in [1.82, 2.24) is 9.44 Å². The van der Waals surface area contributed by atoms with Crippen LogP contribution in [0.25, 0.3) is 0 Å². The summed E-state index contributed by atoms with van der Waals surface area (Å²) in [5, 5.41) is 8.39. The van der Waals surface area contributed by atoms with Gasteiger partial charge in [-0.05, 0) is 27.7 Å². The van der Waals surface area contributed by atoms with Gasteiger partial charge in [0.15, 0.2) is 0 Å². The van der Waals surface area contributed by atoms with Crippen molar-refractivity contribution in [2.24, 2.45) is 0 Å². The average Bonchev–Trinajstić information content (AvgIpc) is 1.80. The highest BCUT2D eigenvalue weighted by Crippen LogP contribution is 2.00. The van der Waals surface area contributed by atoms with Crippen molar-refractivity contribution in [2.75, 3.05) is 0 Å². The lowest BCUT2D eigenvalue weighted by Crippen LogP contribution is -2.48. The van der Waals surface area contributed by atoms with E-state index >= 15 is 0 Å². The first-order valence-corrected chi connectivity index (χ1v) is 5.35. The van der Waals surface area contributed by atoms with Gasteiger partial charge in [0, 0.05) is 5.54 Å². The molecule has 2 N–H and O–H groups in total. The Balaban J connectivity index is 4.38. The zero-order chi connectivity index (χ0) is 10.7. The van der Waals surface area contributed by atoms with Crippen LogP contribution in [0.2, 0.25) is 0 Å². The third-order valence-electron chi connectivity index (χ3n) is 0.966. The topological polar surface area (TPSA) is 82.0 Å². The van der Waals surface area contributed by atoms with Crippen molar-refractivity contribution in [2.45, 2.75) is 39.3 Å². The zero-order valence-electron chi connectivity index (χ0n) is 8.25. The molecule has 0 aromatic carbocycles. The lowest BCUT2D eigenvalue weighted by atomic mass is 10.1. The van der Waals surface area contributed by atoms with Crippen LogP contribution in [-0.2, 0) is 10.2 Å². The van der Waals surface area contributed by atoms with E-state index in [2.05, 4.69) is 9.44 Å². The van der Waals surface area contributed by atoms with Crippen LogP contribution >= 0.6 is 0 Å². The Morgan fingerprint density at radius 2 is 1.85 bits per heavy atom. The van der Waals surface area contributed by atoms with Gasteiger partial charge < -0.3 is 0 Å². The first kappa shape index (κ1) is 12.4. The molecule has 0 aromatic heterocycles. The highest BCUT2D eigenvalue weighted by atomic mass is 32.2. The van der Waals surface area contributed by atoms with Gasteiger partial charge in [-0.3, -0.25) is 0 Å². The Morgan fingerprint density at radius 3 is 2.15 bits per heavy atom. The maximum Gasteiger partial charge on any atom is 0.278 e. The molecule has 0 bridgehead atoms. The molecule has 0 aromatic rings. The van der Waals surface area contributed by atoms with Crippen molar-refractivity contribution in [3.63, 3.8) is 0 Å². The predicted molar refractivity (Wildman–Crippen MR) is 50.0 cm³/mol. The number of hydrogen-bond donors (Lipinski definition) is 2. The third-order valence-corrected chi connectivity index (χ3v) is 2.51. The Hall–Kier alpha value is -0.640. The molecule has 1 atom stereocenters. The molecule has 0 aliphatic carbocycles. The first-order chi connectivity index (χ1) is 5.66. The molecule has 5 nitrogen and oxygen atoms in total. The van der Waals surface area contributed by atoms with E-state index in [0.29, 0.717) is 0 Å². The van der Waals surface area contributed by atoms with Gasteiger partial charge in [0.25, 0.3) is 10.2 Å². The first-order valence-electron chi connectivity index (χ1n) is 3.87. The van der Waals surface area contributed by atoms with Crippen molar-refractivity contribution in [1.29, 1.82) is 5.26 Å². The molecule has 0 saturated carbocycles. The summed E-state index contributed by atoms with van der Waals surface area (Å²) >= 11 is 0. The van der Waals surface area contributed by atoms with Crippen molar-refractivity contribution < 1.29 is 8.42 Å². The van der Waals surface area contributed by atoms with E-state index < -0.39 is 21.8 Å². The van der Waals surface area contributed by atoms with Crippen molar-refractivity contribution >= 4 is 10.2 Å². The summed E-state index contributed by atoms with van der Waals surface area (Å²) in [5.41, 5.74) is -0.541. The molecule has 6 heteroatoms. The second-order valence-corrected chi connectivity index (χ2v) is 5.27. The second kappa shape index (κ2) is 4.05. The molecule has 0 spiro atoms. The van der Waals surface area contributed by atoms with E-state index in [0.717, 1.165) is 0 Å². The monoisotopic (exact) mass is 205 g/mol. The lowest BCUT2D eigenvalue weighted by molar-refractivity contribution is 0.482. The van der Waals surface area contributed by atoms with Crippen LogP contribution in [0.1, 0.15) is 27.7 Å². The summed E-state index contributed by atoms with van der Waals surface area (Å²) in [6, 6.07) is 1.05. The fourth-order valence-corrected chi connectivity index (χ4v) is 2.07. The van der Waals surface area contributed by atoms with E-state index in [1.807, 2.05) is 0 Å². The van der Waals surface area contributed by atoms with Gasteiger partial charge in [-0.25, -0.2) is 0 Å². The SMILES string of the molecule is CC(C#N)NS(=O)(=O)NC(C)(C)C. The number of nitrogens with one attached hydrogen (secondary N) is 2. The van der Waals surface area contributed by atoms with E-state index in [-0.39, 0.29) is 0 Å². The molecule has 0 heterocycles. The molecular formula is C7H15N3O2S. The van der Waals surface area contributed by atoms with E-state index in [9.17, 15) is 8.42 Å². The van der Waals surface area contributed by atoms with E-state index in [1.165, 1.54) is 6.92 Å². The van der Waals surface area contributed by atoms with Crippen molar-refractivity contribution in [3.05, 3.63) is 0 Å². The highest BCUT2D eigenvalue weighted by Gasteiger charge is 2.20. The van der Waals surface area contributed by atoms with Gasteiger partial charge in [-0.1, -0.05) is 0 Å². The normalized spacial score (nSPS) is 15.0. The Kier molecular flexibility index (Phi) is 3.85. The average molecular weight is 205 g/mol. The zero-order valence-corrected chi connectivity index (χ0v) is 9.07. The maximum absolute atomic E-state index is 11.2. The van der Waals surface area contributed by atoms with Crippen LogP contribution in [0.15, 0.2) is 0 Å². The van der Waals surface area contributed by atoms with Gasteiger partial charge in [0.1, 0.15) is 6.04 Å². The largest absolute Gasteiger partial charge is 0.278 e. The molecule has 13 heavy (non-hydrogen) atoms. The summed E-state index contributed by atoms with van der Waals surface area (Å²) < 4.78 is 27.0. The Bertz CT molecular complexity index is 297. The summed E-state index contributed by atoms with van der Waals surface area (Å²) in [7, 11) is -3.57. The van der Waals surface area contributed by atoms with Gasteiger partial charge in [0.2, 0.25) is 0 Å². The van der Waals surface area contributed by atoms with Crippen molar-refractivity contribution in [3.8, 4) is 6.07 Å². The smallest absolute Gasteiger partial charge is 0.197 e. The quantitative estimate of drug-likeness (QED) is 0.686. The minimum Gasteiger partial charge on any atom is -0.197 e. The summed E-state index contributed by atoms with van der Waals surface area (Å²) in [6.07, 6.45) is 0. The third kappa shape index (κ3) is 6.51. The highest BCUT2D eigenvalue weighted by molar-refractivity contribution is 7.87. The molecule has 0 amide bonds. The lowest BCUT2D eigenvalue weighted by Gasteiger charge is -2.20.